The average molecular weight is 261 g/mol. The highest BCUT2D eigenvalue weighted by Crippen LogP contribution is 2.28. The third-order valence-corrected chi connectivity index (χ3v) is 2.91. The van der Waals surface area contributed by atoms with Crippen LogP contribution in [-0.4, -0.2) is 22.1 Å². The van der Waals surface area contributed by atoms with E-state index in [0.29, 0.717) is 0 Å². The van der Waals surface area contributed by atoms with Crippen LogP contribution in [0.1, 0.15) is 31.4 Å². The van der Waals surface area contributed by atoms with Gasteiger partial charge in [-0.05, 0) is 31.7 Å². The van der Waals surface area contributed by atoms with Crippen molar-refractivity contribution in [3.05, 3.63) is 18.0 Å². The van der Waals surface area contributed by atoms with Gasteiger partial charge in [0.1, 0.15) is 6.10 Å². The highest BCUT2D eigenvalue weighted by atomic mass is 19.4. The Morgan fingerprint density at radius 2 is 1.89 bits per heavy atom. The maximum atomic E-state index is 12.4. The summed E-state index contributed by atoms with van der Waals surface area (Å²) < 4.78 is 42.7. The van der Waals surface area contributed by atoms with Gasteiger partial charge in [0.15, 0.2) is 5.69 Å². The van der Waals surface area contributed by atoms with E-state index in [0.717, 1.165) is 37.9 Å². The van der Waals surface area contributed by atoms with Crippen LogP contribution < -0.4 is 10.5 Å². The summed E-state index contributed by atoms with van der Waals surface area (Å²) in [6.45, 7) is 0. The topological polar surface area (TPSA) is 61.0 Å². The molecule has 0 atom stereocenters. The quantitative estimate of drug-likeness (QED) is 0.886. The zero-order chi connectivity index (χ0) is 13.2. The standard InChI is InChI=1S/C11H14F3N3O/c12-11(13,14)9-5-6-16-10(17-9)18-8-3-1-7(15)2-4-8/h5-8H,1-4,15H2. The minimum Gasteiger partial charge on any atom is -0.460 e. The van der Waals surface area contributed by atoms with Crippen LogP contribution in [-0.2, 0) is 6.18 Å². The van der Waals surface area contributed by atoms with Crippen LogP contribution in [0.5, 0.6) is 6.01 Å². The second kappa shape index (κ2) is 5.09. The largest absolute Gasteiger partial charge is 0.460 e. The normalized spacial score (nSPS) is 24.9. The summed E-state index contributed by atoms with van der Waals surface area (Å²) in [6, 6.07) is 0.765. The molecule has 1 fully saturated rings. The molecule has 18 heavy (non-hydrogen) atoms. The van der Waals surface area contributed by atoms with Crippen molar-refractivity contribution in [2.24, 2.45) is 5.73 Å². The molecular formula is C11H14F3N3O. The number of rotatable bonds is 2. The molecule has 0 amide bonds. The summed E-state index contributed by atoms with van der Waals surface area (Å²) in [5, 5.41) is 0. The molecule has 0 bridgehead atoms. The van der Waals surface area contributed by atoms with E-state index >= 15 is 0 Å². The Bertz CT molecular complexity index is 403. The second-order valence-corrected chi connectivity index (χ2v) is 4.38. The van der Waals surface area contributed by atoms with E-state index in [1.165, 1.54) is 0 Å². The van der Waals surface area contributed by atoms with Gasteiger partial charge in [0.25, 0.3) is 0 Å². The van der Waals surface area contributed by atoms with Crippen LogP contribution >= 0.6 is 0 Å². The third kappa shape index (κ3) is 3.32. The molecular weight excluding hydrogens is 247 g/mol. The van der Waals surface area contributed by atoms with Crippen molar-refractivity contribution in [3.8, 4) is 6.01 Å². The van der Waals surface area contributed by atoms with Crippen molar-refractivity contribution >= 4 is 0 Å². The van der Waals surface area contributed by atoms with E-state index in [-0.39, 0.29) is 18.2 Å². The summed E-state index contributed by atoms with van der Waals surface area (Å²) in [6.07, 6.45) is -0.502. The number of nitrogens with two attached hydrogens (primary N) is 1. The number of halogens is 3. The zero-order valence-corrected chi connectivity index (χ0v) is 9.65. The molecule has 1 aliphatic rings. The molecule has 4 nitrogen and oxygen atoms in total. The van der Waals surface area contributed by atoms with Gasteiger partial charge in [-0.25, -0.2) is 4.98 Å². The van der Waals surface area contributed by atoms with Crippen LogP contribution in [0.25, 0.3) is 0 Å². The van der Waals surface area contributed by atoms with Gasteiger partial charge in [-0.2, -0.15) is 18.2 Å². The Morgan fingerprint density at radius 3 is 2.50 bits per heavy atom. The van der Waals surface area contributed by atoms with Gasteiger partial charge in [-0.1, -0.05) is 0 Å². The van der Waals surface area contributed by atoms with Crippen molar-refractivity contribution < 1.29 is 17.9 Å². The summed E-state index contributed by atoms with van der Waals surface area (Å²) in [7, 11) is 0. The molecule has 2 N–H and O–H groups in total. The molecule has 1 aromatic heterocycles. The van der Waals surface area contributed by atoms with Crippen molar-refractivity contribution in [1.82, 2.24) is 9.97 Å². The highest BCUT2D eigenvalue weighted by Gasteiger charge is 2.33. The first-order valence-corrected chi connectivity index (χ1v) is 5.77. The first-order valence-electron chi connectivity index (χ1n) is 5.77. The monoisotopic (exact) mass is 261 g/mol. The lowest BCUT2D eigenvalue weighted by Crippen LogP contribution is -2.32. The predicted molar refractivity (Wildman–Crippen MR) is 57.9 cm³/mol. The average Bonchev–Trinajstić information content (AvgIpc) is 2.31. The molecule has 1 heterocycles. The Morgan fingerprint density at radius 1 is 1.22 bits per heavy atom. The SMILES string of the molecule is NC1CCC(Oc2nccc(C(F)(F)F)n2)CC1. The van der Waals surface area contributed by atoms with Crippen molar-refractivity contribution in [1.29, 1.82) is 0 Å². The molecule has 1 aliphatic carbocycles. The van der Waals surface area contributed by atoms with E-state index in [9.17, 15) is 13.2 Å². The van der Waals surface area contributed by atoms with Crippen LogP contribution in [0.3, 0.4) is 0 Å². The minimum atomic E-state index is -4.48. The van der Waals surface area contributed by atoms with Gasteiger partial charge >= 0.3 is 12.2 Å². The van der Waals surface area contributed by atoms with E-state index in [2.05, 4.69) is 9.97 Å². The Hall–Kier alpha value is -1.37. The Balaban J connectivity index is 2.01. The van der Waals surface area contributed by atoms with Crippen LogP contribution in [0.2, 0.25) is 0 Å². The molecule has 2 rings (SSSR count). The maximum Gasteiger partial charge on any atom is 0.433 e. The first kappa shape index (κ1) is 13.1. The first-order chi connectivity index (χ1) is 8.45. The molecule has 1 saturated carbocycles. The fourth-order valence-corrected chi connectivity index (χ4v) is 1.91. The van der Waals surface area contributed by atoms with Crippen LogP contribution in [0.15, 0.2) is 12.3 Å². The smallest absolute Gasteiger partial charge is 0.433 e. The van der Waals surface area contributed by atoms with E-state index < -0.39 is 11.9 Å². The van der Waals surface area contributed by atoms with Crippen molar-refractivity contribution in [3.63, 3.8) is 0 Å². The summed E-state index contributed by atoms with van der Waals surface area (Å²) in [4.78, 5) is 7.07. The van der Waals surface area contributed by atoms with Gasteiger partial charge in [-0.3, -0.25) is 0 Å². The third-order valence-electron chi connectivity index (χ3n) is 2.91. The van der Waals surface area contributed by atoms with Gasteiger partial charge < -0.3 is 10.5 Å². The van der Waals surface area contributed by atoms with Crippen LogP contribution in [0.4, 0.5) is 13.2 Å². The maximum absolute atomic E-state index is 12.4. The number of hydrogen-bond acceptors (Lipinski definition) is 4. The van der Waals surface area contributed by atoms with E-state index in [4.69, 9.17) is 10.5 Å². The zero-order valence-electron chi connectivity index (χ0n) is 9.65. The minimum absolute atomic E-state index is 0.145. The number of ether oxygens (including phenoxy) is 1. The fourth-order valence-electron chi connectivity index (χ4n) is 1.91. The van der Waals surface area contributed by atoms with E-state index in [1.807, 2.05) is 0 Å². The molecule has 0 aliphatic heterocycles. The lowest BCUT2D eigenvalue weighted by Gasteiger charge is -2.25. The highest BCUT2D eigenvalue weighted by molar-refractivity contribution is 5.09. The number of hydrogen-bond donors (Lipinski definition) is 1. The summed E-state index contributed by atoms with van der Waals surface area (Å²) in [5.41, 5.74) is 4.75. The van der Waals surface area contributed by atoms with Crippen LogP contribution in [0, 0.1) is 0 Å². The number of aromatic nitrogens is 2. The number of nitrogens with zero attached hydrogens (tertiary/aromatic N) is 2. The molecule has 100 valence electrons. The molecule has 0 unspecified atom stereocenters. The summed E-state index contributed by atoms with van der Waals surface area (Å²) >= 11 is 0. The molecule has 1 aromatic rings. The molecule has 0 aromatic carbocycles. The van der Waals surface area contributed by atoms with Gasteiger partial charge in [0.05, 0.1) is 0 Å². The lowest BCUT2D eigenvalue weighted by molar-refractivity contribution is -0.141. The van der Waals surface area contributed by atoms with E-state index in [1.54, 1.807) is 0 Å². The molecule has 7 heteroatoms. The van der Waals surface area contributed by atoms with Crippen molar-refractivity contribution in [2.45, 2.75) is 44.0 Å². The number of alkyl halides is 3. The van der Waals surface area contributed by atoms with Gasteiger partial charge in [-0.15, -0.1) is 0 Å². The summed E-state index contributed by atoms with van der Waals surface area (Å²) in [5.74, 6) is 0. The molecule has 0 radical (unpaired) electrons. The predicted octanol–water partition coefficient (Wildman–Crippen LogP) is 2.14. The van der Waals surface area contributed by atoms with Crippen molar-refractivity contribution in [2.75, 3.05) is 0 Å². The van der Waals surface area contributed by atoms with Gasteiger partial charge in [0, 0.05) is 12.2 Å². The molecule has 0 spiro atoms. The second-order valence-electron chi connectivity index (χ2n) is 4.38. The van der Waals surface area contributed by atoms with Gasteiger partial charge in [0.2, 0.25) is 0 Å². The Kier molecular flexibility index (Phi) is 3.70. The Labute approximate surface area is 102 Å². The lowest BCUT2D eigenvalue weighted by atomic mass is 9.94. The fraction of sp³-hybridized carbons (Fsp3) is 0.636. The molecule has 0 saturated heterocycles.